The Kier molecular flexibility index (Phi) is 3.31. The van der Waals surface area contributed by atoms with Gasteiger partial charge in [0.2, 0.25) is 0 Å². The highest BCUT2D eigenvalue weighted by molar-refractivity contribution is 5.57. The molecule has 0 N–H and O–H groups in total. The molecule has 3 rings (SSSR count). The number of benzene rings is 1. The van der Waals surface area contributed by atoms with Crippen molar-refractivity contribution in [1.82, 2.24) is 10.1 Å². The first kappa shape index (κ1) is 13.3. The quantitative estimate of drug-likeness (QED) is 0.859. The van der Waals surface area contributed by atoms with Crippen LogP contribution in [0.15, 0.2) is 34.9 Å². The van der Waals surface area contributed by atoms with E-state index in [0.717, 1.165) is 17.7 Å². The first-order valence-electron chi connectivity index (χ1n) is 6.56. The Morgan fingerprint density at radius 3 is 2.50 bits per heavy atom. The molecule has 4 nitrogen and oxygen atoms in total. The molecule has 2 heterocycles. The van der Waals surface area contributed by atoms with Crippen LogP contribution in [0.2, 0.25) is 0 Å². The van der Waals surface area contributed by atoms with Crippen molar-refractivity contribution >= 4 is 0 Å². The van der Waals surface area contributed by atoms with Gasteiger partial charge in [-0.2, -0.15) is 0 Å². The monoisotopic (exact) mass is 276 g/mol. The molecule has 1 aliphatic heterocycles. The second-order valence-corrected chi connectivity index (χ2v) is 5.48. The summed E-state index contributed by atoms with van der Waals surface area (Å²) in [6.07, 6.45) is 0.782. The maximum absolute atomic E-state index is 12.9. The summed E-state index contributed by atoms with van der Waals surface area (Å²) >= 11 is 0. The van der Waals surface area contributed by atoms with Crippen LogP contribution in [0.1, 0.15) is 5.69 Å². The van der Waals surface area contributed by atoms with Gasteiger partial charge in [-0.3, -0.25) is 4.90 Å². The molecule has 0 amide bonds. The lowest BCUT2D eigenvalue weighted by Crippen LogP contribution is -2.61. The number of rotatable bonds is 4. The molecule has 2 aromatic rings. The van der Waals surface area contributed by atoms with Gasteiger partial charge in [-0.05, 0) is 38.4 Å². The van der Waals surface area contributed by atoms with Crippen LogP contribution in [-0.4, -0.2) is 42.9 Å². The molecule has 1 aliphatic rings. The van der Waals surface area contributed by atoms with Gasteiger partial charge in [0.05, 0.1) is 24.4 Å². The number of ether oxygens (including phenoxy) is 1. The summed E-state index contributed by atoms with van der Waals surface area (Å²) in [5.41, 5.74) is 1.73. The van der Waals surface area contributed by atoms with Crippen LogP contribution in [0.5, 0.6) is 0 Å². The third-order valence-electron chi connectivity index (χ3n) is 3.89. The molecule has 20 heavy (non-hydrogen) atoms. The van der Waals surface area contributed by atoms with E-state index in [9.17, 15) is 4.39 Å². The number of likely N-dealkylation sites (N-methyl/N-ethyl adjacent to an activating group) is 1. The molecule has 0 atom stereocenters. The minimum absolute atomic E-state index is 0.0109. The first-order valence-corrected chi connectivity index (χ1v) is 6.56. The van der Waals surface area contributed by atoms with E-state index in [1.807, 2.05) is 20.2 Å². The molecule has 5 heteroatoms. The molecule has 0 saturated carbocycles. The molecule has 106 valence electrons. The number of hydrogen-bond donors (Lipinski definition) is 0. The number of nitrogens with zero attached hydrogens (tertiary/aromatic N) is 2. The number of halogens is 1. The second kappa shape index (κ2) is 5.00. The van der Waals surface area contributed by atoms with E-state index in [1.165, 1.54) is 12.1 Å². The van der Waals surface area contributed by atoms with Crippen molar-refractivity contribution in [3.63, 3.8) is 0 Å². The third kappa shape index (κ3) is 2.34. The van der Waals surface area contributed by atoms with Crippen molar-refractivity contribution in [3.05, 3.63) is 41.8 Å². The number of hydrogen-bond acceptors (Lipinski definition) is 4. The van der Waals surface area contributed by atoms with Crippen LogP contribution in [-0.2, 0) is 11.2 Å². The van der Waals surface area contributed by atoms with Gasteiger partial charge in [-0.25, -0.2) is 4.39 Å². The van der Waals surface area contributed by atoms with E-state index in [4.69, 9.17) is 9.26 Å². The molecule has 0 unspecified atom stereocenters. The van der Waals surface area contributed by atoms with Crippen molar-refractivity contribution in [2.24, 2.45) is 0 Å². The zero-order valence-corrected chi connectivity index (χ0v) is 11.6. The highest BCUT2D eigenvalue weighted by Gasteiger charge is 2.41. The summed E-state index contributed by atoms with van der Waals surface area (Å²) in [4.78, 5) is 2.17. The lowest BCUT2D eigenvalue weighted by molar-refractivity contribution is -0.124. The molecule has 1 aromatic heterocycles. The maximum Gasteiger partial charge on any atom is 0.167 e. The fourth-order valence-corrected chi connectivity index (χ4v) is 2.34. The SMILES string of the molecule is CN(C)C1(Cc2cc(-c3ccc(F)cc3)on2)COC1. The zero-order valence-electron chi connectivity index (χ0n) is 11.6. The molecule has 1 saturated heterocycles. The van der Waals surface area contributed by atoms with Crippen molar-refractivity contribution < 1.29 is 13.7 Å². The third-order valence-corrected chi connectivity index (χ3v) is 3.89. The summed E-state index contributed by atoms with van der Waals surface area (Å²) in [5, 5.41) is 4.11. The van der Waals surface area contributed by atoms with Crippen LogP contribution in [0.25, 0.3) is 11.3 Å². The second-order valence-electron chi connectivity index (χ2n) is 5.48. The fourth-order valence-electron chi connectivity index (χ4n) is 2.34. The highest BCUT2D eigenvalue weighted by Crippen LogP contribution is 2.29. The highest BCUT2D eigenvalue weighted by atomic mass is 19.1. The van der Waals surface area contributed by atoms with Crippen LogP contribution in [0.4, 0.5) is 4.39 Å². The normalized spacial score (nSPS) is 17.2. The van der Waals surface area contributed by atoms with E-state index in [2.05, 4.69) is 10.1 Å². The Labute approximate surface area is 117 Å². The Hall–Kier alpha value is -1.72. The summed E-state index contributed by atoms with van der Waals surface area (Å²) in [6.45, 7) is 1.41. The van der Waals surface area contributed by atoms with Crippen molar-refractivity contribution in [1.29, 1.82) is 0 Å². The minimum Gasteiger partial charge on any atom is -0.377 e. The topological polar surface area (TPSA) is 38.5 Å². The molecular weight excluding hydrogens is 259 g/mol. The van der Waals surface area contributed by atoms with Gasteiger partial charge in [0.25, 0.3) is 0 Å². The van der Waals surface area contributed by atoms with Gasteiger partial charge in [-0.15, -0.1) is 0 Å². The molecule has 1 aromatic carbocycles. The van der Waals surface area contributed by atoms with E-state index in [1.54, 1.807) is 12.1 Å². The van der Waals surface area contributed by atoms with Crippen LogP contribution < -0.4 is 0 Å². The maximum atomic E-state index is 12.9. The lowest BCUT2D eigenvalue weighted by Gasteiger charge is -2.46. The van der Waals surface area contributed by atoms with Crippen LogP contribution in [0.3, 0.4) is 0 Å². The lowest BCUT2D eigenvalue weighted by atomic mass is 9.90. The average molecular weight is 276 g/mol. The molecule has 0 spiro atoms. The predicted octanol–water partition coefficient (Wildman–Crippen LogP) is 2.35. The molecule has 0 bridgehead atoms. The molecule has 0 aliphatic carbocycles. The van der Waals surface area contributed by atoms with Gasteiger partial charge in [0.1, 0.15) is 5.82 Å². The zero-order chi connectivity index (χ0) is 14.2. The van der Waals surface area contributed by atoms with Crippen molar-refractivity contribution in [2.75, 3.05) is 27.3 Å². The Balaban J connectivity index is 1.78. The van der Waals surface area contributed by atoms with E-state index < -0.39 is 0 Å². The average Bonchev–Trinajstić information content (AvgIpc) is 2.82. The summed E-state index contributed by atoms with van der Waals surface area (Å²) in [6, 6.07) is 8.12. The standard InChI is InChI=1S/C15H17FN2O2/c1-18(2)15(9-19-10-15)8-13-7-14(20-17-13)11-3-5-12(16)6-4-11/h3-7H,8-10H2,1-2H3. The minimum atomic E-state index is -0.258. The fraction of sp³-hybridized carbons (Fsp3) is 0.400. The van der Waals surface area contributed by atoms with Gasteiger partial charge < -0.3 is 9.26 Å². The smallest absolute Gasteiger partial charge is 0.167 e. The van der Waals surface area contributed by atoms with Gasteiger partial charge >= 0.3 is 0 Å². The molecular formula is C15H17FN2O2. The van der Waals surface area contributed by atoms with Gasteiger partial charge in [0.15, 0.2) is 5.76 Å². The van der Waals surface area contributed by atoms with Gasteiger partial charge in [-0.1, -0.05) is 5.16 Å². The van der Waals surface area contributed by atoms with E-state index >= 15 is 0 Å². The van der Waals surface area contributed by atoms with Crippen LogP contribution in [0, 0.1) is 5.82 Å². The predicted molar refractivity (Wildman–Crippen MR) is 72.8 cm³/mol. The van der Waals surface area contributed by atoms with E-state index in [-0.39, 0.29) is 11.4 Å². The Bertz CT molecular complexity index is 588. The summed E-state index contributed by atoms with van der Waals surface area (Å²) in [5.74, 6) is 0.404. The number of aromatic nitrogens is 1. The Morgan fingerprint density at radius 2 is 1.95 bits per heavy atom. The Morgan fingerprint density at radius 1 is 1.25 bits per heavy atom. The summed E-state index contributed by atoms with van der Waals surface area (Å²) < 4.78 is 23.6. The van der Waals surface area contributed by atoms with Crippen LogP contribution >= 0.6 is 0 Å². The van der Waals surface area contributed by atoms with E-state index in [0.29, 0.717) is 19.0 Å². The molecule has 1 fully saturated rings. The van der Waals surface area contributed by atoms with Gasteiger partial charge in [0, 0.05) is 18.1 Å². The van der Waals surface area contributed by atoms with Crippen molar-refractivity contribution in [2.45, 2.75) is 12.0 Å². The van der Waals surface area contributed by atoms with Crippen molar-refractivity contribution in [3.8, 4) is 11.3 Å². The largest absolute Gasteiger partial charge is 0.377 e. The first-order chi connectivity index (χ1) is 9.59. The summed E-state index contributed by atoms with van der Waals surface area (Å²) in [7, 11) is 4.09. The molecule has 0 radical (unpaired) electrons.